The summed E-state index contributed by atoms with van der Waals surface area (Å²) >= 11 is 4.86. The van der Waals surface area contributed by atoms with Gasteiger partial charge in [0.15, 0.2) is 5.11 Å². The molecule has 0 aromatic heterocycles. The van der Waals surface area contributed by atoms with Crippen molar-refractivity contribution in [3.63, 3.8) is 0 Å². The van der Waals surface area contributed by atoms with E-state index in [-0.39, 0.29) is 11.0 Å². The third kappa shape index (κ3) is 2.15. The second-order valence-corrected chi connectivity index (χ2v) is 7.25. The summed E-state index contributed by atoms with van der Waals surface area (Å²) in [6, 6.07) is 0. The Morgan fingerprint density at radius 1 is 1.35 bits per heavy atom. The van der Waals surface area contributed by atoms with E-state index in [1.165, 1.54) is 25.7 Å². The number of rotatable bonds is 1. The highest BCUT2D eigenvalue weighted by atomic mass is 32.1. The second-order valence-electron chi connectivity index (χ2n) is 6.81. The first-order valence-electron chi connectivity index (χ1n) is 7.89. The predicted octanol–water partition coefficient (Wildman–Crippen LogP) is 2.16. The normalized spacial score (nSPS) is 45.8. The van der Waals surface area contributed by atoms with E-state index in [9.17, 15) is 5.11 Å². The van der Waals surface area contributed by atoms with Crippen molar-refractivity contribution >= 4 is 23.0 Å². The Bertz CT molecular complexity index is 439. The van der Waals surface area contributed by atoms with Crippen LogP contribution in [0, 0.1) is 23.7 Å². The van der Waals surface area contributed by atoms with E-state index in [0.717, 1.165) is 25.0 Å². The van der Waals surface area contributed by atoms with Crippen LogP contribution in [0.5, 0.6) is 0 Å². The summed E-state index contributed by atoms with van der Waals surface area (Å²) in [5, 5.41) is 16.0. The lowest BCUT2D eigenvalue weighted by atomic mass is 9.51. The lowest BCUT2D eigenvalue weighted by Crippen LogP contribution is -2.61. The van der Waals surface area contributed by atoms with Gasteiger partial charge in [-0.15, -0.1) is 0 Å². The number of hydrogen-bond donors (Lipinski definition) is 3. The molecule has 0 radical (unpaired) electrons. The Balaban J connectivity index is 1.96. The molecule has 4 N–H and O–H groups in total. The van der Waals surface area contributed by atoms with Crippen LogP contribution < -0.4 is 11.2 Å². The fraction of sp³-hybridized carbons (Fsp3) is 0.867. The Morgan fingerprint density at radius 2 is 2.15 bits per heavy atom. The Morgan fingerprint density at radius 3 is 2.90 bits per heavy atom. The summed E-state index contributed by atoms with van der Waals surface area (Å²) in [4.78, 5) is 0. The molecule has 0 heterocycles. The molecule has 3 rings (SSSR count). The van der Waals surface area contributed by atoms with Gasteiger partial charge in [0.05, 0.1) is 5.60 Å². The average Bonchev–Trinajstić information content (AvgIpc) is 2.43. The summed E-state index contributed by atoms with van der Waals surface area (Å²) in [6.45, 7) is 2.30. The third-order valence-electron chi connectivity index (χ3n) is 5.90. The maximum Gasteiger partial charge on any atom is 0.184 e. The molecule has 3 fully saturated rings. The second kappa shape index (κ2) is 5.26. The summed E-state index contributed by atoms with van der Waals surface area (Å²) in [7, 11) is 0. The van der Waals surface area contributed by atoms with Gasteiger partial charge in [0.2, 0.25) is 0 Å². The fourth-order valence-corrected chi connectivity index (χ4v) is 5.10. The lowest BCUT2D eigenvalue weighted by molar-refractivity contribution is -0.122. The van der Waals surface area contributed by atoms with Crippen LogP contribution in [0.3, 0.4) is 0 Å². The molecule has 0 unspecified atom stereocenters. The lowest BCUT2D eigenvalue weighted by Gasteiger charge is -2.57. The molecule has 0 aliphatic heterocycles. The maximum atomic E-state index is 11.3. The van der Waals surface area contributed by atoms with Gasteiger partial charge in [0.1, 0.15) is 0 Å². The molecule has 112 valence electrons. The number of hydrogen-bond acceptors (Lipinski definition) is 3. The molecular weight excluding hydrogens is 270 g/mol. The SMILES string of the molecule is C[C@H]1[C@@H]2CCC[C@@H](C2=NNC(N)=S)[C@@]2(O)CCCC[C@H]12. The molecule has 0 spiro atoms. The van der Waals surface area contributed by atoms with Crippen molar-refractivity contribution in [2.45, 2.75) is 57.5 Å². The number of hydrazone groups is 1. The first kappa shape index (κ1) is 14.3. The molecule has 3 saturated carbocycles. The highest BCUT2D eigenvalue weighted by molar-refractivity contribution is 7.80. The molecule has 5 heteroatoms. The van der Waals surface area contributed by atoms with Crippen molar-refractivity contribution < 1.29 is 5.11 Å². The quantitative estimate of drug-likeness (QED) is 0.512. The predicted molar refractivity (Wildman–Crippen MR) is 84.3 cm³/mol. The molecule has 0 saturated heterocycles. The van der Waals surface area contributed by atoms with E-state index in [1.807, 2.05) is 0 Å². The van der Waals surface area contributed by atoms with Gasteiger partial charge in [-0.25, -0.2) is 0 Å². The van der Waals surface area contributed by atoms with Crippen LogP contribution in [0.25, 0.3) is 0 Å². The zero-order valence-corrected chi connectivity index (χ0v) is 13.0. The number of thiocarbonyl (C=S) groups is 1. The van der Waals surface area contributed by atoms with E-state index in [2.05, 4.69) is 17.5 Å². The van der Waals surface area contributed by atoms with Crippen molar-refractivity contribution in [1.82, 2.24) is 5.43 Å². The van der Waals surface area contributed by atoms with E-state index in [1.54, 1.807) is 0 Å². The molecule has 3 aliphatic rings. The van der Waals surface area contributed by atoms with Gasteiger partial charge < -0.3 is 10.8 Å². The van der Waals surface area contributed by atoms with Gasteiger partial charge in [-0.3, -0.25) is 5.43 Å². The Labute approximate surface area is 126 Å². The number of fused-ring (bicyclic) bond motifs is 4. The van der Waals surface area contributed by atoms with Gasteiger partial charge in [-0.2, -0.15) is 5.10 Å². The highest BCUT2D eigenvalue weighted by Crippen LogP contribution is 2.55. The molecule has 0 amide bonds. The minimum absolute atomic E-state index is 0.199. The summed E-state index contributed by atoms with van der Waals surface area (Å²) in [5.74, 6) is 1.63. The zero-order chi connectivity index (χ0) is 14.3. The minimum atomic E-state index is -0.550. The maximum absolute atomic E-state index is 11.3. The van der Waals surface area contributed by atoms with Crippen LogP contribution in [0.2, 0.25) is 0 Å². The van der Waals surface area contributed by atoms with E-state index in [0.29, 0.717) is 17.8 Å². The minimum Gasteiger partial charge on any atom is -0.389 e. The van der Waals surface area contributed by atoms with E-state index in [4.69, 9.17) is 18.0 Å². The number of nitrogens with two attached hydrogens (primary N) is 1. The molecule has 4 nitrogen and oxygen atoms in total. The smallest absolute Gasteiger partial charge is 0.184 e. The third-order valence-corrected chi connectivity index (χ3v) is 5.99. The Kier molecular flexibility index (Phi) is 3.75. The summed E-state index contributed by atoms with van der Waals surface area (Å²) in [5.41, 5.74) is 8.85. The first-order valence-corrected chi connectivity index (χ1v) is 8.30. The summed E-state index contributed by atoms with van der Waals surface area (Å²) < 4.78 is 0. The van der Waals surface area contributed by atoms with Gasteiger partial charge in [-0.05, 0) is 49.7 Å². The average molecular weight is 295 g/mol. The molecule has 3 aliphatic carbocycles. The van der Waals surface area contributed by atoms with Crippen molar-refractivity contribution in [2.75, 3.05) is 0 Å². The van der Waals surface area contributed by atoms with Gasteiger partial charge >= 0.3 is 0 Å². The van der Waals surface area contributed by atoms with Crippen molar-refractivity contribution in [1.29, 1.82) is 0 Å². The van der Waals surface area contributed by atoms with Crippen LogP contribution in [0.1, 0.15) is 51.9 Å². The van der Waals surface area contributed by atoms with Gasteiger partial charge in [0, 0.05) is 17.5 Å². The molecule has 0 aromatic carbocycles. The highest BCUT2D eigenvalue weighted by Gasteiger charge is 2.57. The zero-order valence-electron chi connectivity index (χ0n) is 12.1. The number of aliphatic hydroxyl groups is 1. The number of nitrogens with zero attached hydrogens (tertiary/aromatic N) is 1. The molecular formula is C15H25N3OS. The molecule has 5 atom stereocenters. The molecule has 2 bridgehead atoms. The summed E-state index contributed by atoms with van der Waals surface area (Å²) in [6.07, 6.45) is 7.91. The van der Waals surface area contributed by atoms with E-state index < -0.39 is 5.60 Å². The van der Waals surface area contributed by atoms with Crippen LogP contribution in [-0.4, -0.2) is 21.5 Å². The van der Waals surface area contributed by atoms with Crippen LogP contribution in [-0.2, 0) is 0 Å². The van der Waals surface area contributed by atoms with Gasteiger partial charge in [-0.1, -0.05) is 26.2 Å². The standard InChI is InChI=1S/C15H25N3OS/c1-9-10-5-4-7-12(13(10)17-18-14(16)20)15(19)8-3-2-6-11(9)15/h9-12,19H,2-8H2,1H3,(H3,16,18,20)/t9-,10-,11+,12-,15+/m0/s1. The van der Waals surface area contributed by atoms with Crippen molar-refractivity contribution in [2.24, 2.45) is 34.5 Å². The topological polar surface area (TPSA) is 70.6 Å². The Hall–Kier alpha value is -0.680. The van der Waals surface area contributed by atoms with Gasteiger partial charge in [0.25, 0.3) is 0 Å². The van der Waals surface area contributed by atoms with Crippen molar-refractivity contribution in [3.05, 3.63) is 0 Å². The van der Waals surface area contributed by atoms with Crippen LogP contribution in [0.15, 0.2) is 5.10 Å². The van der Waals surface area contributed by atoms with Crippen LogP contribution >= 0.6 is 12.2 Å². The molecule has 0 aromatic rings. The molecule has 20 heavy (non-hydrogen) atoms. The van der Waals surface area contributed by atoms with Crippen LogP contribution in [0.4, 0.5) is 0 Å². The fourth-order valence-electron chi connectivity index (χ4n) is 5.05. The number of nitrogens with one attached hydrogen (secondary N) is 1. The van der Waals surface area contributed by atoms with E-state index >= 15 is 0 Å². The largest absolute Gasteiger partial charge is 0.389 e. The van der Waals surface area contributed by atoms with Crippen molar-refractivity contribution in [3.8, 4) is 0 Å². The monoisotopic (exact) mass is 295 g/mol. The first-order chi connectivity index (χ1) is 9.54.